The molecule has 1 aromatic heterocycles. The Kier molecular flexibility index (Phi) is 6.43. The molecule has 2 aromatic carbocycles. The first-order valence-corrected chi connectivity index (χ1v) is 10.4. The average Bonchev–Trinajstić information content (AvgIpc) is 3.18. The summed E-state index contributed by atoms with van der Waals surface area (Å²) >= 11 is 0. The number of methoxy groups -OCH3 is 3. The van der Waals surface area contributed by atoms with Crippen LogP contribution >= 0.6 is 0 Å². The van der Waals surface area contributed by atoms with Gasteiger partial charge in [0.25, 0.3) is 0 Å². The smallest absolute Gasteiger partial charge is 0.311 e. The van der Waals surface area contributed by atoms with Gasteiger partial charge in [-0.2, -0.15) is 5.10 Å². The van der Waals surface area contributed by atoms with Crippen molar-refractivity contribution in [2.45, 2.75) is 12.6 Å². The molecule has 4 rings (SSSR count). The lowest BCUT2D eigenvalue weighted by molar-refractivity contribution is -0.364. The van der Waals surface area contributed by atoms with E-state index in [0.29, 0.717) is 6.61 Å². The van der Waals surface area contributed by atoms with Crippen LogP contribution in [-0.2, 0) is 33.8 Å². The van der Waals surface area contributed by atoms with E-state index < -0.39 is 5.97 Å². The van der Waals surface area contributed by atoms with E-state index in [2.05, 4.69) is 16.3 Å². The zero-order valence-corrected chi connectivity index (χ0v) is 18.6. The van der Waals surface area contributed by atoms with Gasteiger partial charge in [0, 0.05) is 60.1 Å². The van der Waals surface area contributed by atoms with E-state index in [-0.39, 0.29) is 0 Å². The normalized spacial score (nSPS) is 14.9. The van der Waals surface area contributed by atoms with Crippen LogP contribution in [0.2, 0.25) is 0 Å². The first kappa shape index (κ1) is 21.6. The fourth-order valence-electron chi connectivity index (χ4n) is 4.05. The van der Waals surface area contributed by atoms with Gasteiger partial charge in [0.05, 0.1) is 10.9 Å². The van der Waals surface area contributed by atoms with Crippen LogP contribution in [0.25, 0.3) is 10.9 Å². The molecule has 2 heterocycles. The van der Waals surface area contributed by atoms with Crippen LogP contribution in [0.1, 0.15) is 11.1 Å². The minimum Gasteiger partial charge on any atom is -0.488 e. The van der Waals surface area contributed by atoms with Crippen molar-refractivity contribution in [3.8, 4) is 5.75 Å². The van der Waals surface area contributed by atoms with Gasteiger partial charge in [0.2, 0.25) is 0 Å². The number of rotatable bonds is 8. The van der Waals surface area contributed by atoms with Crippen molar-refractivity contribution in [3.63, 3.8) is 0 Å². The molecule has 31 heavy (non-hydrogen) atoms. The number of nitrogens with zero attached hydrogens (tertiary/aromatic N) is 3. The number of fused-ring (bicyclic) bond motifs is 1. The standard InChI is InChI=1S/C23H30N4O4/c1-26-19-6-5-7-20(21(19)22(25-26)27-14-12-24-13-15-27)31-16-17-8-10-18(11-9-17)23(28-2,29-3)30-4/h5-11,24H,12-16H2,1-4H3. The Hall–Kier alpha value is -2.65. The van der Waals surface area contributed by atoms with Crippen LogP contribution < -0.4 is 15.0 Å². The fourth-order valence-corrected chi connectivity index (χ4v) is 4.05. The summed E-state index contributed by atoms with van der Waals surface area (Å²) < 4.78 is 24.4. The third-order valence-electron chi connectivity index (χ3n) is 5.75. The van der Waals surface area contributed by atoms with Crippen molar-refractivity contribution < 1.29 is 18.9 Å². The Balaban J connectivity index is 1.57. The van der Waals surface area contributed by atoms with Gasteiger partial charge in [-0.05, 0) is 17.7 Å². The van der Waals surface area contributed by atoms with E-state index in [1.807, 2.05) is 48.1 Å². The van der Waals surface area contributed by atoms with E-state index in [4.69, 9.17) is 24.0 Å². The quantitative estimate of drug-likeness (QED) is 0.555. The van der Waals surface area contributed by atoms with E-state index in [0.717, 1.165) is 59.8 Å². The Labute approximate surface area is 182 Å². The zero-order chi connectivity index (χ0) is 21.8. The fraction of sp³-hybridized carbons (Fsp3) is 0.435. The van der Waals surface area contributed by atoms with Crippen molar-refractivity contribution in [3.05, 3.63) is 53.6 Å². The number of benzene rings is 2. The molecule has 0 aliphatic carbocycles. The molecule has 3 aromatic rings. The lowest BCUT2D eigenvalue weighted by atomic mass is 10.1. The Morgan fingerprint density at radius 1 is 0.968 bits per heavy atom. The first-order chi connectivity index (χ1) is 15.1. The maximum atomic E-state index is 6.27. The Bertz CT molecular complexity index is 1000. The second-order valence-corrected chi connectivity index (χ2v) is 7.49. The van der Waals surface area contributed by atoms with Gasteiger partial charge in [-0.1, -0.05) is 30.3 Å². The molecule has 0 radical (unpaired) electrons. The Morgan fingerprint density at radius 3 is 2.29 bits per heavy atom. The highest BCUT2D eigenvalue weighted by Gasteiger charge is 2.32. The van der Waals surface area contributed by atoms with Gasteiger partial charge < -0.3 is 29.2 Å². The molecule has 0 saturated carbocycles. The average molecular weight is 427 g/mol. The second-order valence-electron chi connectivity index (χ2n) is 7.49. The summed E-state index contributed by atoms with van der Waals surface area (Å²) in [6.45, 7) is 4.22. The minimum absolute atomic E-state index is 0.440. The van der Waals surface area contributed by atoms with Gasteiger partial charge in [0.15, 0.2) is 5.82 Å². The topological polar surface area (TPSA) is 70.0 Å². The van der Waals surface area contributed by atoms with E-state index in [1.165, 1.54) is 0 Å². The first-order valence-electron chi connectivity index (χ1n) is 10.4. The number of nitrogens with one attached hydrogen (secondary N) is 1. The van der Waals surface area contributed by atoms with Gasteiger partial charge in [-0.3, -0.25) is 4.68 Å². The highest BCUT2D eigenvalue weighted by atomic mass is 16.9. The lowest BCUT2D eigenvalue weighted by Crippen LogP contribution is -2.43. The third-order valence-corrected chi connectivity index (χ3v) is 5.75. The van der Waals surface area contributed by atoms with Crippen molar-refractivity contribution in [1.29, 1.82) is 0 Å². The van der Waals surface area contributed by atoms with Crippen molar-refractivity contribution in [1.82, 2.24) is 15.1 Å². The molecule has 0 unspecified atom stereocenters. The van der Waals surface area contributed by atoms with E-state index >= 15 is 0 Å². The summed E-state index contributed by atoms with van der Waals surface area (Å²) in [7, 11) is 6.63. The van der Waals surface area contributed by atoms with Gasteiger partial charge in [-0.15, -0.1) is 0 Å². The molecule has 0 atom stereocenters. The summed E-state index contributed by atoms with van der Waals surface area (Å²) in [5.41, 5.74) is 2.87. The number of piperazine rings is 1. The SMILES string of the molecule is COC(OC)(OC)c1ccc(COc2cccc3c2c(N2CCNCC2)nn3C)cc1. The summed E-state index contributed by atoms with van der Waals surface area (Å²) in [4.78, 5) is 2.32. The van der Waals surface area contributed by atoms with Crippen LogP contribution in [0.4, 0.5) is 5.82 Å². The number of aromatic nitrogens is 2. The third kappa shape index (κ3) is 4.12. The molecule has 8 heteroatoms. The van der Waals surface area contributed by atoms with E-state index in [1.54, 1.807) is 21.3 Å². The van der Waals surface area contributed by atoms with Crippen molar-refractivity contribution in [2.75, 3.05) is 52.4 Å². The molecular weight excluding hydrogens is 396 g/mol. The van der Waals surface area contributed by atoms with Crippen molar-refractivity contribution in [2.24, 2.45) is 7.05 Å². The summed E-state index contributed by atoms with van der Waals surface area (Å²) in [6.07, 6.45) is 0. The number of hydrogen-bond acceptors (Lipinski definition) is 7. The van der Waals surface area contributed by atoms with Crippen LogP contribution in [0.3, 0.4) is 0 Å². The molecule has 1 N–H and O–H groups in total. The molecule has 1 aliphatic heterocycles. The minimum atomic E-state index is -1.21. The molecule has 1 aliphatic rings. The number of anilines is 1. The Morgan fingerprint density at radius 2 is 1.65 bits per heavy atom. The predicted octanol–water partition coefficient (Wildman–Crippen LogP) is 2.61. The van der Waals surface area contributed by atoms with Gasteiger partial charge >= 0.3 is 5.97 Å². The molecule has 1 saturated heterocycles. The summed E-state index contributed by atoms with van der Waals surface area (Å²) in [6, 6.07) is 13.9. The molecule has 8 nitrogen and oxygen atoms in total. The van der Waals surface area contributed by atoms with Crippen LogP contribution in [0.15, 0.2) is 42.5 Å². The highest BCUT2D eigenvalue weighted by molar-refractivity contribution is 5.96. The zero-order valence-electron chi connectivity index (χ0n) is 18.6. The monoisotopic (exact) mass is 426 g/mol. The van der Waals surface area contributed by atoms with Crippen LogP contribution in [-0.4, -0.2) is 57.3 Å². The molecule has 0 bridgehead atoms. The van der Waals surface area contributed by atoms with E-state index in [9.17, 15) is 0 Å². The molecule has 0 spiro atoms. The summed E-state index contributed by atoms with van der Waals surface area (Å²) in [5.74, 6) is 0.608. The second kappa shape index (κ2) is 9.23. The predicted molar refractivity (Wildman–Crippen MR) is 119 cm³/mol. The largest absolute Gasteiger partial charge is 0.488 e. The van der Waals surface area contributed by atoms with Gasteiger partial charge in [0.1, 0.15) is 12.4 Å². The molecule has 0 amide bonds. The van der Waals surface area contributed by atoms with Gasteiger partial charge in [-0.25, -0.2) is 0 Å². The molecule has 1 fully saturated rings. The molecular formula is C23H30N4O4. The highest BCUT2D eigenvalue weighted by Crippen LogP contribution is 2.35. The maximum absolute atomic E-state index is 6.27. The van der Waals surface area contributed by atoms with Crippen molar-refractivity contribution >= 4 is 16.7 Å². The number of aryl methyl sites for hydroxylation is 1. The van der Waals surface area contributed by atoms with Crippen LogP contribution in [0.5, 0.6) is 5.75 Å². The maximum Gasteiger partial charge on any atom is 0.311 e. The molecule has 166 valence electrons. The van der Waals surface area contributed by atoms with Crippen LogP contribution in [0, 0.1) is 0 Å². The summed E-state index contributed by atoms with van der Waals surface area (Å²) in [5, 5.41) is 9.24. The lowest BCUT2D eigenvalue weighted by Gasteiger charge is -2.29. The number of hydrogen-bond donors (Lipinski definition) is 1. The number of ether oxygens (including phenoxy) is 4.